The summed E-state index contributed by atoms with van der Waals surface area (Å²) in [5, 5.41) is 0. The van der Waals surface area contributed by atoms with Crippen LogP contribution >= 0.6 is 0 Å². The molecule has 0 N–H and O–H groups in total. The molecule has 0 heterocycles. The molecule has 4 atom stereocenters. The predicted octanol–water partition coefficient (Wildman–Crippen LogP) is 4.08. The first-order valence-electron chi connectivity index (χ1n) is 8.24. The van der Waals surface area contributed by atoms with Crippen LogP contribution in [0.25, 0.3) is 0 Å². The van der Waals surface area contributed by atoms with Gasteiger partial charge >= 0.3 is 5.97 Å². The largest absolute Gasteiger partial charge is 0.460 e. The molecular formula is C19H28O3. The molecule has 0 aromatic heterocycles. The van der Waals surface area contributed by atoms with Crippen molar-refractivity contribution < 1.29 is 14.3 Å². The number of allylic oxidation sites excluding steroid dienone is 4. The van der Waals surface area contributed by atoms with E-state index in [0.717, 1.165) is 12.0 Å². The second kappa shape index (κ2) is 6.02. The molecule has 0 unspecified atom stereocenters. The quantitative estimate of drug-likeness (QED) is 0.570. The van der Waals surface area contributed by atoms with Crippen molar-refractivity contribution in [2.24, 2.45) is 23.7 Å². The fourth-order valence-electron chi connectivity index (χ4n) is 3.43. The van der Waals surface area contributed by atoms with E-state index >= 15 is 0 Å². The monoisotopic (exact) mass is 304 g/mol. The lowest BCUT2D eigenvalue weighted by atomic mass is 9.84. The van der Waals surface area contributed by atoms with Gasteiger partial charge in [-0.15, -0.1) is 0 Å². The Morgan fingerprint density at radius 2 is 1.91 bits per heavy atom. The van der Waals surface area contributed by atoms with Gasteiger partial charge in [0.2, 0.25) is 0 Å². The number of carbonyl (C=O) groups excluding carboxylic acids is 2. The summed E-state index contributed by atoms with van der Waals surface area (Å²) in [7, 11) is 0. The third-order valence-electron chi connectivity index (χ3n) is 4.93. The molecule has 0 amide bonds. The molecule has 2 aliphatic carbocycles. The number of ketones is 1. The van der Waals surface area contributed by atoms with Gasteiger partial charge in [0.25, 0.3) is 0 Å². The third kappa shape index (κ3) is 3.50. The smallest absolute Gasteiger partial charge is 0.309 e. The molecule has 0 bridgehead atoms. The van der Waals surface area contributed by atoms with E-state index in [-0.39, 0.29) is 23.6 Å². The summed E-state index contributed by atoms with van der Waals surface area (Å²) >= 11 is 0. The first-order valence-corrected chi connectivity index (χ1v) is 8.24. The van der Waals surface area contributed by atoms with Gasteiger partial charge in [0.05, 0.1) is 5.92 Å². The van der Waals surface area contributed by atoms with Crippen LogP contribution < -0.4 is 0 Å². The van der Waals surface area contributed by atoms with E-state index in [9.17, 15) is 9.59 Å². The maximum Gasteiger partial charge on any atom is 0.309 e. The first-order chi connectivity index (χ1) is 10.1. The number of esters is 1. The normalized spacial score (nSPS) is 30.1. The molecule has 0 aromatic rings. The molecule has 2 rings (SSSR count). The summed E-state index contributed by atoms with van der Waals surface area (Å²) < 4.78 is 5.52. The van der Waals surface area contributed by atoms with Gasteiger partial charge < -0.3 is 4.74 Å². The molecule has 3 heteroatoms. The summed E-state index contributed by atoms with van der Waals surface area (Å²) in [6.45, 7) is 11.7. The van der Waals surface area contributed by atoms with E-state index < -0.39 is 5.60 Å². The molecule has 0 radical (unpaired) electrons. The first kappa shape index (κ1) is 17.0. The predicted molar refractivity (Wildman–Crippen MR) is 87.2 cm³/mol. The standard InChI is InChI=1S/C19H28O3/c1-11-7-8-14(12(2)18(21)22-19(4,5)6)9-16-13(3)17(20)10-15(11)16/h7-8,11-12,14-15H,9-10H2,1-6H3/t11-,12+,14+,15+/m0/s1. The minimum atomic E-state index is -0.464. The summed E-state index contributed by atoms with van der Waals surface area (Å²) in [6.07, 6.45) is 5.75. The summed E-state index contributed by atoms with van der Waals surface area (Å²) in [5.41, 5.74) is 1.71. The molecule has 3 nitrogen and oxygen atoms in total. The second-order valence-electron chi connectivity index (χ2n) is 7.82. The van der Waals surface area contributed by atoms with Gasteiger partial charge in [-0.1, -0.05) is 31.6 Å². The maximum absolute atomic E-state index is 12.4. The van der Waals surface area contributed by atoms with Crippen molar-refractivity contribution in [1.29, 1.82) is 0 Å². The second-order valence-corrected chi connectivity index (χ2v) is 7.82. The van der Waals surface area contributed by atoms with Gasteiger partial charge in [-0.3, -0.25) is 9.59 Å². The number of hydrogen-bond acceptors (Lipinski definition) is 3. The minimum absolute atomic E-state index is 0.109. The van der Waals surface area contributed by atoms with Crippen molar-refractivity contribution in [2.75, 3.05) is 0 Å². The van der Waals surface area contributed by atoms with Crippen molar-refractivity contribution in [2.45, 2.75) is 60.0 Å². The third-order valence-corrected chi connectivity index (χ3v) is 4.93. The highest BCUT2D eigenvalue weighted by Gasteiger charge is 2.37. The van der Waals surface area contributed by atoms with Crippen LogP contribution in [0.15, 0.2) is 23.3 Å². The highest BCUT2D eigenvalue weighted by molar-refractivity contribution is 5.98. The Morgan fingerprint density at radius 3 is 2.50 bits per heavy atom. The van der Waals surface area contributed by atoms with Crippen LogP contribution in [0.4, 0.5) is 0 Å². The van der Waals surface area contributed by atoms with Gasteiger partial charge in [0, 0.05) is 6.42 Å². The Hall–Kier alpha value is -1.38. The Balaban J connectivity index is 2.20. The van der Waals surface area contributed by atoms with Crippen LogP contribution in [0.1, 0.15) is 54.4 Å². The number of hydrogen-bond donors (Lipinski definition) is 0. The summed E-state index contributed by atoms with van der Waals surface area (Å²) in [6, 6.07) is 0. The zero-order chi connectivity index (χ0) is 16.7. The molecule has 22 heavy (non-hydrogen) atoms. The molecule has 0 fully saturated rings. The lowest BCUT2D eigenvalue weighted by Crippen LogP contribution is -2.30. The Kier molecular flexibility index (Phi) is 4.65. The molecule has 0 saturated carbocycles. The van der Waals surface area contributed by atoms with E-state index in [1.807, 2.05) is 34.6 Å². The van der Waals surface area contributed by atoms with Gasteiger partial charge in [-0.05, 0) is 57.4 Å². The fourth-order valence-corrected chi connectivity index (χ4v) is 3.43. The Labute approximate surface area is 133 Å². The van der Waals surface area contributed by atoms with Crippen LogP contribution in [0, 0.1) is 23.7 Å². The van der Waals surface area contributed by atoms with Crippen molar-refractivity contribution in [1.82, 2.24) is 0 Å². The number of ether oxygens (including phenoxy) is 1. The summed E-state index contributed by atoms with van der Waals surface area (Å²) in [4.78, 5) is 24.4. The molecule has 2 aliphatic rings. The SMILES string of the molecule is CC1=C2C[C@H]([C@@H](C)C(=O)OC(C)(C)C)C=C[C@H](C)[C@H]2CC1=O. The number of rotatable bonds is 2. The molecule has 122 valence electrons. The number of Topliss-reactive ketones (excluding diaryl/α,β-unsaturated/α-hetero) is 1. The average molecular weight is 304 g/mol. The number of carbonyl (C=O) groups is 2. The fraction of sp³-hybridized carbons (Fsp3) is 0.684. The van der Waals surface area contributed by atoms with Gasteiger partial charge in [-0.25, -0.2) is 0 Å². The van der Waals surface area contributed by atoms with Crippen molar-refractivity contribution >= 4 is 11.8 Å². The zero-order valence-corrected chi connectivity index (χ0v) is 14.6. The van der Waals surface area contributed by atoms with E-state index in [0.29, 0.717) is 18.3 Å². The van der Waals surface area contributed by atoms with Crippen LogP contribution in [-0.4, -0.2) is 17.4 Å². The van der Waals surface area contributed by atoms with E-state index in [4.69, 9.17) is 4.74 Å². The van der Waals surface area contributed by atoms with Gasteiger partial charge in [-0.2, -0.15) is 0 Å². The topological polar surface area (TPSA) is 43.4 Å². The van der Waals surface area contributed by atoms with Crippen molar-refractivity contribution in [3.05, 3.63) is 23.3 Å². The minimum Gasteiger partial charge on any atom is -0.460 e. The molecule has 0 aromatic carbocycles. The Morgan fingerprint density at radius 1 is 1.27 bits per heavy atom. The average Bonchev–Trinajstić information content (AvgIpc) is 2.57. The van der Waals surface area contributed by atoms with Crippen LogP contribution in [0.5, 0.6) is 0 Å². The van der Waals surface area contributed by atoms with Crippen molar-refractivity contribution in [3.8, 4) is 0 Å². The molecular weight excluding hydrogens is 276 g/mol. The Bertz CT molecular complexity index is 533. The molecule has 0 spiro atoms. The highest BCUT2D eigenvalue weighted by Crippen LogP contribution is 2.42. The number of fused-ring (bicyclic) bond motifs is 1. The van der Waals surface area contributed by atoms with Crippen LogP contribution in [0.3, 0.4) is 0 Å². The van der Waals surface area contributed by atoms with E-state index in [1.54, 1.807) is 0 Å². The van der Waals surface area contributed by atoms with Gasteiger partial charge in [0.1, 0.15) is 5.60 Å². The van der Waals surface area contributed by atoms with Crippen LogP contribution in [-0.2, 0) is 14.3 Å². The molecule has 0 aliphatic heterocycles. The van der Waals surface area contributed by atoms with E-state index in [1.165, 1.54) is 5.57 Å². The maximum atomic E-state index is 12.4. The van der Waals surface area contributed by atoms with Crippen molar-refractivity contribution in [3.63, 3.8) is 0 Å². The highest BCUT2D eigenvalue weighted by atomic mass is 16.6. The lowest BCUT2D eigenvalue weighted by Gasteiger charge is -2.26. The van der Waals surface area contributed by atoms with Gasteiger partial charge in [0.15, 0.2) is 5.78 Å². The zero-order valence-electron chi connectivity index (χ0n) is 14.6. The lowest BCUT2D eigenvalue weighted by molar-refractivity contribution is -0.160. The van der Waals surface area contributed by atoms with E-state index in [2.05, 4.69) is 19.1 Å². The van der Waals surface area contributed by atoms with Crippen LogP contribution in [0.2, 0.25) is 0 Å². The molecule has 0 saturated heterocycles. The summed E-state index contributed by atoms with van der Waals surface area (Å²) in [5.74, 6) is 0.698.